The Bertz CT molecular complexity index is 353. The molecule has 1 aromatic heterocycles. The van der Waals surface area contributed by atoms with Gasteiger partial charge in [-0.2, -0.15) is 0 Å². The van der Waals surface area contributed by atoms with Crippen LogP contribution in [0.3, 0.4) is 0 Å². The minimum absolute atomic E-state index is 0.0347. The summed E-state index contributed by atoms with van der Waals surface area (Å²) in [4.78, 5) is 12.5. The lowest BCUT2D eigenvalue weighted by Gasteiger charge is -2.35. The van der Waals surface area contributed by atoms with Gasteiger partial charge in [0, 0.05) is 44.5 Å². The summed E-state index contributed by atoms with van der Waals surface area (Å²) < 4.78 is 0. The van der Waals surface area contributed by atoms with Gasteiger partial charge in [0.25, 0.3) is 0 Å². The Morgan fingerprint density at radius 1 is 1.18 bits per heavy atom. The first kappa shape index (κ1) is 12.2. The number of aromatic nitrogens is 2. The lowest BCUT2D eigenvalue weighted by Crippen LogP contribution is -2.47. The summed E-state index contributed by atoms with van der Waals surface area (Å²) in [6.07, 6.45) is 3.16. The number of rotatable bonds is 4. The Morgan fingerprint density at radius 2 is 1.94 bits per heavy atom. The Balaban J connectivity index is 2.00. The van der Waals surface area contributed by atoms with Crippen molar-refractivity contribution in [2.45, 2.75) is 6.61 Å². The zero-order chi connectivity index (χ0) is 12.1. The number of nitrogens with zero attached hydrogens (tertiary/aromatic N) is 4. The zero-order valence-electron chi connectivity index (χ0n) is 9.79. The topological polar surface area (TPSA) is 72.7 Å². The van der Waals surface area contributed by atoms with Crippen molar-refractivity contribution < 1.29 is 10.2 Å². The Kier molecular flexibility index (Phi) is 4.24. The van der Waals surface area contributed by atoms with E-state index in [-0.39, 0.29) is 13.2 Å². The van der Waals surface area contributed by atoms with Gasteiger partial charge < -0.3 is 15.1 Å². The standard InChI is InChI=1S/C11H18N4O2/c16-6-5-14-1-3-15(4-2-14)11-10(8-17)7-12-9-13-11/h7,9,16-17H,1-6,8H2. The SMILES string of the molecule is OCCN1CCN(c2ncncc2CO)CC1. The van der Waals surface area contributed by atoms with Crippen LogP contribution in [0.2, 0.25) is 0 Å². The molecule has 0 radical (unpaired) electrons. The predicted octanol–water partition coefficient (Wildman–Crippen LogP) is -0.917. The highest BCUT2D eigenvalue weighted by molar-refractivity contribution is 5.45. The molecule has 0 aliphatic carbocycles. The number of aliphatic hydroxyl groups excluding tert-OH is 2. The third-order valence-electron chi connectivity index (χ3n) is 3.02. The van der Waals surface area contributed by atoms with E-state index in [1.54, 1.807) is 6.20 Å². The van der Waals surface area contributed by atoms with Gasteiger partial charge in [0.05, 0.1) is 13.2 Å². The molecular weight excluding hydrogens is 220 g/mol. The molecule has 0 saturated carbocycles. The first-order valence-corrected chi connectivity index (χ1v) is 5.83. The summed E-state index contributed by atoms with van der Waals surface area (Å²) in [7, 11) is 0. The molecule has 1 fully saturated rings. The summed E-state index contributed by atoms with van der Waals surface area (Å²) in [6.45, 7) is 4.45. The third kappa shape index (κ3) is 2.91. The van der Waals surface area contributed by atoms with Crippen molar-refractivity contribution in [1.82, 2.24) is 14.9 Å². The van der Waals surface area contributed by atoms with Gasteiger partial charge in [-0.3, -0.25) is 4.90 Å². The van der Waals surface area contributed by atoms with Gasteiger partial charge in [-0.05, 0) is 0 Å². The van der Waals surface area contributed by atoms with Crippen molar-refractivity contribution in [2.24, 2.45) is 0 Å². The quantitative estimate of drug-likeness (QED) is 0.707. The van der Waals surface area contributed by atoms with E-state index in [0.29, 0.717) is 0 Å². The molecule has 0 unspecified atom stereocenters. The Labute approximate surface area is 101 Å². The van der Waals surface area contributed by atoms with E-state index in [2.05, 4.69) is 19.8 Å². The monoisotopic (exact) mass is 238 g/mol. The van der Waals surface area contributed by atoms with Crippen LogP contribution in [0.1, 0.15) is 5.56 Å². The smallest absolute Gasteiger partial charge is 0.137 e. The zero-order valence-corrected chi connectivity index (χ0v) is 9.79. The predicted molar refractivity (Wildman–Crippen MR) is 63.7 cm³/mol. The third-order valence-corrected chi connectivity index (χ3v) is 3.02. The number of piperazine rings is 1. The van der Waals surface area contributed by atoms with Gasteiger partial charge in [0.15, 0.2) is 0 Å². The summed E-state index contributed by atoms with van der Waals surface area (Å²) in [5.74, 6) is 0.825. The maximum atomic E-state index is 9.24. The van der Waals surface area contributed by atoms with Crippen molar-refractivity contribution >= 4 is 5.82 Å². The maximum Gasteiger partial charge on any atom is 0.137 e. The lowest BCUT2D eigenvalue weighted by molar-refractivity contribution is 0.188. The number of hydrogen-bond donors (Lipinski definition) is 2. The van der Waals surface area contributed by atoms with Crippen molar-refractivity contribution in [3.8, 4) is 0 Å². The van der Waals surface area contributed by atoms with Crippen LogP contribution in [0.5, 0.6) is 0 Å². The molecular formula is C11H18N4O2. The first-order chi connectivity index (χ1) is 8.35. The lowest BCUT2D eigenvalue weighted by atomic mass is 10.2. The van der Waals surface area contributed by atoms with Gasteiger partial charge in [-0.15, -0.1) is 0 Å². The molecule has 0 aromatic carbocycles. The van der Waals surface area contributed by atoms with Crippen LogP contribution in [-0.4, -0.2) is 64.4 Å². The van der Waals surface area contributed by atoms with E-state index < -0.39 is 0 Å². The van der Waals surface area contributed by atoms with Crippen LogP contribution < -0.4 is 4.90 Å². The van der Waals surface area contributed by atoms with E-state index in [0.717, 1.165) is 44.1 Å². The largest absolute Gasteiger partial charge is 0.395 e. The summed E-state index contributed by atoms with van der Waals surface area (Å²) in [6, 6.07) is 0. The number of anilines is 1. The molecule has 2 N–H and O–H groups in total. The van der Waals surface area contributed by atoms with Crippen LogP contribution in [-0.2, 0) is 6.61 Å². The summed E-state index contributed by atoms with van der Waals surface area (Å²) in [5, 5.41) is 18.1. The van der Waals surface area contributed by atoms with Gasteiger partial charge >= 0.3 is 0 Å². The highest BCUT2D eigenvalue weighted by atomic mass is 16.3. The van der Waals surface area contributed by atoms with Crippen molar-refractivity contribution in [2.75, 3.05) is 44.2 Å². The van der Waals surface area contributed by atoms with E-state index in [1.807, 2.05) is 0 Å². The molecule has 6 heteroatoms. The molecule has 0 spiro atoms. The molecule has 0 atom stereocenters. The fraction of sp³-hybridized carbons (Fsp3) is 0.636. The van der Waals surface area contributed by atoms with E-state index >= 15 is 0 Å². The maximum absolute atomic E-state index is 9.24. The van der Waals surface area contributed by atoms with Crippen LogP contribution in [0.15, 0.2) is 12.5 Å². The molecule has 0 amide bonds. The van der Waals surface area contributed by atoms with Crippen molar-refractivity contribution in [1.29, 1.82) is 0 Å². The van der Waals surface area contributed by atoms with Crippen molar-refractivity contribution in [3.05, 3.63) is 18.1 Å². The first-order valence-electron chi connectivity index (χ1n) is 5.83. The number of aliphatic hydroxyl groups is 2. The molecule has 1 aliphatic heterocycles. The molecule has 2 heterocycles. The Hall–Kier alpha value is -1.24. The van der Waals surface area contributed by atoms with E-state index in [9.17, 15) is 5.11 Å². The van der Waals surface area contributed by atoms with Crippen LogP contribution in [0.4, 0.5) is 5.82 Å². The molecule has 1 aliphatic rings. The normalized spacial score (nSPS) is 17.4. The number of β-amino-alcohol motifs (C(OH)–C–C–N with tert-alkyl or cyclic N) is 1. The summed E-state index contributed by atoms with van der Waals surface area (Å²) in [5.41, 5.74) is 0.767. The Morgan fingerprint density at radius 3 is 2.59 bits per heavy atom. The second-order valence-electron chi connectivity index (χ2n) is 4.08. The molecule has 0 bridgehead atoms. The second-order valence-corrected chi connectivity index (χ2v) is 4.08. The summed E-state index contributed by atoms with van der Waals surface area (Å²) >= 11 is 0. The minimum atomic E-state index is -0.0347. The molecule has 1 saturated heterocycles. The fourth-order valence-electron chi connectivity index (χ4n) is 2.07. The van der Waals surface area contributed by atoms with Crippen LogP contribution >= 0.6 is 0 Å². The molecule has 1 aromatic rings. The average molecular weight is 238 g/mol. The minimum Gasteiger partial charge on any atom is -0.395 e. The highest BCUT2D eigenvalue weighted by Crippen LogP contribution is 2.17. The molecule has 94 valence electrons. The number of hydrogen-bond acceptors (Lipinski definition) is 6. The highest BCUT2D eigenvalue weighted by Gasteiger charge is 2.19. The second kappa shape index (κ2) is 5.90. The molecule has 6 nitrogen and oxygen atoms in total. The van der Waals surface area contributed by atoms with Crippen LogP contribution in [0, 0.1) is 0 Å². The van der Waals surface area contributed by atoms with E-state index in [1.165, 1.54) is 6.33 Å². The molecule has 2 rings (SSSR count). The van der Waals surface area contributed by atoms with Crippen molar-refractivity contribution in [3.63, 3.8) is 0 Å². The van der Waals surface area contributed by atoms with Gasteiger partial charge in [0.1, 0.15) is 12.1 Å². The van der Waals surface area contributed by atoms with Gasteiger partial charge in [-0.1, -0.05) is 0 Å². The fourth-order valence-corrected chi connectivity index (χ4v) is 2.07. The van der Waals surface area contributed by atoms with Crippen LogP contribution in [0.25, 0.3) is 0 Å². The van der Waals surface area contributed by atoms with E-state index in [4.69, 9.17) is 5.11 Å². The van der Waals surface area contributed by atoms with Gasteiger partial charge in [0.2, 0.25) is 0 Å². The average Bonchev–Trinajstić information content (AvgIpc) is 2.40. The molecule has 17 heavy (non-hydrogen) atoms. The van der Waals surface area contributed by atoms with Gasteiger partial charge in [-0.25, -0.2) is 9.97 Å².